The van der Waals surface area contributed by atoms with Crippen molar-refractivity contribution in [2.24, 2.45) is 5.16 Å². The molecule has 0 bridgehead atoms. The molecule has 0 radical (unpaired) electrons. The van der Waals surface area contributed by atoms with Gasteiger partial charge in [0.25, 0.3) is 0 Å². The molecular weight excluding hydrogens is 386 g/mol. The lowest BCUT2D eigenvalue weighted by Crippen LogP contribution is -2.04. The van der Waals surface area contributed by atoms with Crippen molar-refractivity contribution in [2.45, 2.75) is 0 Å². The average molecular weight is 403 g/mol. The zero-order valence-electron chi connectivity index (χ0n) is 16.4. The molecular formula is C26H17N3O2. The van der Waals surface area contributed by atoms with Gasteiger partial charge in [-0.3, -0.25) is 4.98 Å². The summed E-state index contributed by atoms with van der Waals surface area (Å²) in [7, 11) is 0. The van der Waals surface area contributed by atoms with Crippen LogP contribution in [0, 0.1) is 11.8 Å². The van der Waals surface area contributed by atoms with E-state index in [9.17, 15) is 5.21 Å². The smallest absolute Gasteiger partial charge is 0.155 e. The zero-order chi connectivity index (χ0) is 21.2. The molecule has 3 N–H and O–H groups in total. The van der Waals surface area contributed by atoms with Crippen molar-refractivity contribution >= 4 is 27.4 Å². The van der Waals surface area contributed by atoms with E-state index in [1.807, 2.05) is 72.8 Å². The first kappa shape index (κ1) is 18.5. The summed E-state index contributed by atoms with van der Waals surface area (Å²) in [5.74, 6) is 6.74. The van der Waals surface area contributed by atoms with Gasteiger partial charge in [0.1, 0.15) is 16.6 Å². The van der Waals surface area contributed by atoms with E-state index in [2.05, 4.69) is 22.0 Å². The number of pyridine rings is 1. The van der Waals surface area contributed by atoms with Gasteiger partial charge in [0, 0.05) is 39.8 Å². The Morgan fingerprint density at radius 2 is 1.65 bits per heavy atom. The lowest BCUT2D eigenvalue weighted by atomic mass is 10.1. The maximum Gasteiger partial charge on any atom is 0.155 e. The Hall–Kier alpha value is -4.56. The summed E-state index contributed by atoms with van der Waals surface area (Å²) in [4.78, 5) is 4.51. The standard InChI is InChI=1S/C26H17N3O2/c27-21-7-3-4-17(12-21)8-9-18-10-11-22-23(29-30)15-26(31-25(22)13-18)24-14-19-5-1-2-6-20(19)16-28-24/h1-7,10-16,30H,27H2/b29-23+. The second kappa shape index (κ2) is 7.69. The molecule has 5 aromatic rings. The molecule has 0 unspecified atom stereocenters. The van der Waals surface area contributed by atoms with Crippen LogP contribution in [0.5, 0.6) is 0 Å². The molecule has 2 aromatic heterocycles. The van der Waals surface area contributed by atoms with Crippen LogP contribution in [0.1, 0.15) is 11.1 Å². The van der Waals surface area contributed by atoms with Crippen molar-refractivity contribution in [2.75, 3.05) is 5.73 Å². The van der Waals surface area contributed by atoms with Crippen LogP contribution in [0.3, 0.4) is 0 Å². The summed E-state index contributed by atoms with van der Waals surface area (Å²) in [5, 5.41) is 16.2. The number of hydrogen-bond acceptors (Lipinski definition) is 5. The number of nitrogens with zero attached hydrogens (tertiary/aromatic N) is 2. The lowest BCUT2D eigenvalue weighted by Gasteiger charge is -2.05. The van der Waals surface area contributed by atoms with E-state index >= 15 is 0 Å². The summed E-state index contributed by atoms with van der Waals surface area (Å²) in [6.07, 6.45) is 1.80. The van der Waals surface area contributed by atoms with Gasteiger partial charge in [-0.05, 0) is 47.9 Å². The number of hydrogen-bond donors (Lipinski definition) is 2. The van der Waals surface area contributed by atoms with Gasteiger partial charge in [0.2, 0.25) is 0 Å². The quantitative estimate of drug-likeness (QED) is 0.180. The highest BCUT2D eigenvalue weighted by atomic mass is 16.4. The SMILES string of the molecule is Nc1cccc(C#Cc2ccc3/c(=N/O)cc(-c4cc5ccccc5cn4)oc3c2)c1. The molecule has 148 valence electrons. The number of rotatable bonds is 1. The van der Waals surface area contributed by atoms with Crippen molar-refractivity contribution in [3.05, 3.63) is 102 Å². The molecule has 0 aliphatic heterocycles. The van der Waals surface area contributed by atoms with E-state index in [4.69, 9.17) is 10.2 Å². The Morgan fingerprint density at radius 3 is 2.45 bits per heavy atom. The number of fused-ring (bicyclic) bond motifs is 2. The molecule has 2 heterocycles. The third kappa shape index (κ3) is 3.70. The van der Waals surface area contributed by atoms with E-state index in [1.54, 1.807) is 12.3 Å². The predicted molar refractivity (Wildman–Crippen MR) is 121 cm³/mol. The normalized spacial score (nSPS) is 11.4. The van der Waals surface area contributed by atoms with Crippen molar-refractivity contribution in [1.29, 1.82) is 0 Å². The van der Waals surface area contributed by atoms with E-state index in [0.717, 1.165) is 21.9 Å². The van der Waals surface area contributed by atoms with Gasteiger partial charge in [-0.1, -0.05) is 47.3 Å². The molecule has 0 spiro atoms. The van der Waals surface area contributed by atoms with Crippen molar-refractivity contribution in [3.8, 4) is 23.3 Å². The highest BCUT2D eigenvalue weighted by Gasteiger charge is 2.09. The third-order valence-electron chi connectivity index (χ3n) is 4.97. The molecule has 0 atom stereocenters. The molecule has 31 heavy (non-hydrogen) atoms. The van der Waals surface area contributed by atoms with E-state index < -0.39 is 0 Å². The van der Waals surface area contributed by atoms with Crippen molar-refractivity contribution in [3.63, 3.8) is 0 Å². The Morgan fingerprint density at radius 1 is 0.839 bits per heavy atom. The summed E-state index contributed by atoms with van der Waals surface area (Å²) in [6, 6.07) is 24.5. The minimum Gasteiger partial charge on any atom is -0.454 e. The molecule has 5 heteroatoms. The van der Waals surface area contributed by atoms with Gasteiger partial charge in [0.05, 0.1) is 0 Å². The molecule has 0 fully saturated rings. The molecule has 0 saturated heterocycles. The summed E-state index contributed by atoms with van der Waals surface area (Å²) in [6.45, 7) is 0. The monoisotopic (exact) mass is 403 g/mol. The second-order valence-electron chi connectivity index (χ2n) is 7.10. The summed E-state index contributed by atoms with van der Waals surface area (Å²) in [5.41, 5.74) is 9.30. The third-order valence-corrected chi connectivity index (χ3v) is 4.97. The summed E-state index contributed by atoms with van der Waals surface area (Å²) < 4.78 is 6.13. The fourth-order valence-electron chi connectivity index (χ4n) is 3.43. The fourth-order valence-corrected chi connectivity index (χ4v) is 3.43. The van der Waals surface area contributed by atoms with Gasteiger partial charge in [-0.25, -0.2) is 0 Å². The number of benzene rings is 3. The van der Waals surface area contributed by atoms with Gasteiger partial charge < -0.3 is 15.4 Å². The van der Waals surface area contributed by atoms with Crippen LogP contribution in [0.15, 0.2) is 94.6 Å². The van der Waals surface area contributed by atoms with Gasteiger partial charge in [-0.2, -0.15) is 0 Å². The Kier molecular flexibility index (Phi) is 4.58. The minimum atomic E-state index is 0.404. The van der Waals surface area contributed by atoms with Crippen LogP contribution >= 0.6 is 0 Å². The van der Waals surface area contributed by atoms with Crippen LogP contribution in [-0.4, -0.2) is 10.2 Å². The molecule has 5 nitrogen and oxygen atoms in total. The highest BCUT2D eigenvalue weighted by Crippen LogP contribution is 2.24. The highest BCUT2D eigenvalue weighted by molar-refractivity contribution is 5.85. The van der Waals surface area contributed by atoms with Gasteiger partial charge >= 0.3 is 0 Å². The molecule has 3 aromatic carbocycles. The van der Waals surface area contributed by atoms with E-state index in [1.165, 1.54) is 0 Å². The average Bonchev–Trinajstić information content (AvgIpc) is 2.81. The molecule has 0 aliphatic rings. The Balaban J connectivity index is 1.62. The molecule has 0 aliphatic carbocycles. The van der Waals surface area contributed by atoms with E-state index in [-0.39, 0.29) is 0 Å². The zero-order valence-corrected chi connectivity index (χ0v) is 16.4. The first-order valence-electron chi connectivity index (χ1n) is 9.68. The second-order valence-corrected chi connectivity index (χ2v) is 7.10. The van der Waals surface area contributed by atoms with E-state index in [0.29, 0.717) is 33.5 Å². The molecule has 5 rings (SSSR count). The van der Waals surface area contributed by atoms with Gasteiger partial charge in [-0.15, -0.1) is 0 Å². The minimum absolute atomic E-state index is 0.404. The Labute approximate surface area is 178 Å². The van der Waals surface area contributed by atoms with Crippen LogP contribution in [0.4, 0.5) is 5.69 Å². The van der Waals surface area contributed by atoms with Crippen molar-refractivity contribution in [1.82, 2.24) is 4.98 Å². The van der Waals surface area contributed by atoms with Crippen LogP contribution in [0.25, 0.3) is 33.2 Å². The maximum absolute atomic E-state index is 9.55. The fraction of sp³-hybridized carbons (Fsp3) is 0. The Bertz CT molecular complexity index is 1570. The molecule has 0 saturated carbocycles. The number of nitrogen functional groups attached to an aromatic ring is 1. The summed E-state index contributed by atoms with van der Waals surface area (Å²) >= 11 is 0. The number of anilines is 1. The largest absolute Gasteiger partial charge is 0.454 e. The van der Waals surface area contributed by atoms with Crippen LogP contribution in [0.2, 0.25) is 0 Å². The number of nitrogens with two attached hydrogens (primary N) is 1. The molecule has 0 amide bonds. The van der Waals surface area contributed by atoms with Crippen LogP contribution < -0.4 is 11.1 Å². The topological polar surface area (TPSA) is 84.6 Å². The lowest BCUT2D eigenvalue weighted by molar-refractivity contribution is 0.302. The first-order valence-corrected chi connectivity index (χ1v) is 9.68. The predicted octanol–water partition coefficient (Wildman–Crippen LogP) is 4.92. The first-order chi connectivity index (χ1) is 15.2. The maximum atomic E-state index is 9.55. The van der Waals surface area contributed by atoms with Crippen molar-refractivity contribution < 1.29 is 9.62 Å². The van der Waals surface area contributed by atoms with Crippen LogP contribution in [-0.2, 0) is 0 Å². The number of aromatic nitrogens is 1. The van der Waals surface area contributed by atoms with Gasteiger partial charge in [0.15, 0.2) is 5.76 Å².